The Kier molecular flexibility index (Phi) is 4.43. The van der Waals surface area contributed by atoms with Crippen LogP contribution in [0.1, 0.15) is 6.92 Å². The first-order valence-corrected chi connectivity index (χ1v) is 5.21. The molecule has 0 aliphatic carbocycles. The van der Waals surface area contributed by atoms with Crippen molar-refractivity contribution in [1.82, 2.24) is 0 Å². The molecule has 1 rings (SSSR count). The molecule has 0 spiro atoms. The van der Waals surface area contributed by atoms with Gasteiger partial charge in [-0.25, -0.2) is 0 Å². The molecule has 1 aromatic carbocycles. The number of benzene rings is 1. The number of alkyl halides is 1. The van der Waals surface area contributed by atoms with Gasteiger partial charge in [-0.15, -0.1) is 11.6 Å². The van der Waals surface area contributed by atoms with Crippen molar-refractivity contribution in [1.29, 1.82) is 0 Å². The lowest BCUT2D eigenvalue weighted by Crippen LogP contribution is -2.21. The van der Waals surface area contributed by atoms with Crippen molar-refractivity contribution >= 4 is 23.2 Å². The highest BCUT2D eigenvalue weighted by Gasteiger charge is 2.10. The molecule has 1 unspecified atom stereocenters. The smallest absolute Gasteiger partial charge is 0.228 e. The Morgan fingerprint density at radius 1 is 1.47 bits per heavy atom. The van der Waals surface area contributed by atoms with Crippen LogP contribution in [-0.2, 0) is 4.79 Å². The number of rotatable bonds is 4. The van der Waals surface area contributed by atoms with Crippen molar-refractivity contribution in [3.63, 3.8) is 0 Å². The average molecular weight is 228 g/mol. The van der Waals surface area contributed by atoms with E-state index in [2.05, 4.69) is 5.32 Å². The maximum absolute atomic E-state index is 11.5. The molecule has 0 bridgehead atoms. The minimum atomic E-state index is -0.186. The molecule has 1 N–H and O–H groups in total. The van der Waals surface area contributed by atoms with Gasteiger partial charge >= 0.3 is 0 Å². The topological polar surface area (TPSA) is 38.3 Å². The third-order valence-corrected chi connectivity index (χ3v) is 2.50. The van der Waals surface area contributed by atoms with Crippen LogP contribution >= 0.6 is 11.6 Å². The van der Waals surface area contributed by atoms with Gasteiger partial charge in [0.15, 0.2) is 0 Å². The Morgan fingerprint density at radius 3 is 2.53 bits per heavy atom. The fourth-order valence-corrected chi connectivity index (χ4v) is 1.15. The number of carbonyl (C=O) groups is 1. The molecule has 82 valence electrons. The summed E-state index contributed by atoms with van der Waals surface area (Å²) in [5, 5.41) is 2.76. The number of halogens is 1. The van der Waals surface area contributed by atoms with Crippen LogP contribution in [0.5, 0.6) is 5.75 Å². The zero-order valence-corrected chi connectivity index (χ0v) is 9.54. The average Bonchev–Trinajstić information content (AvgIpc) is 2.29. The molecule has 0 saturated heterocycles. The first-order valence-electron chi connectivity index (χ1n) is 4.68. The van der Waals surface area contributed by atoms with Crippen LogP contribution in [0.15, 0.2) is 24.3 Å². The summed E-state index contributed by atoms with van der Waals surface area (Å²) in [7, 11) is 1.60. The van der Waals surface area contributed by atoms with E-state index in [4.69, 9.17) is 16.3 Å². The highest BCUT2D eigenvalue weighted by Crippen LogP contribution is 2.15. The number of nitrogens with one attached hydrogen (secondary N) is 1. The number of hydrogen-bond donors (Lipinski definition) is 1. The highest BCUT2D eigenvalue weighted by molar-refractivity contribution is 6.19. The van der Waals surface area contributed by atoms with E-state index >= 15 is 0 Å². The zero-order valence-electron chi connectivity index (χ0n) is 8.79. The van der Waals surface area contributed by atoms with Crippen molar-refractivity contribution in [2.75, 3.05) is 18.3 Å². The molecule has 1 amide bonds. The van der Waals surface area contributed by atoms with Crippen LogP contribution < -0.4 is 10.1 Å². The summed E-state index contributed by atoms with van der Waals surface area (Å²) in [6.45, 7) is 1.78. The lowest BCUT2D eigenvalue weighted by atomic mass is 10.2. The molecular formula is C11H14ClNO2. The lowest BCUT2D eigenvalue weighted by Gasteiger charge is -2.09. The van der Waals surface area contributed by atoms with E-state index in [0.717, 1.165) is 11.4 Å². The van der Waals surface area contributed by atoms with Crippen molar-refractivity contribution in [3.05, 3.63) is 24.3 Å². The third-order valence-electron chi connectivity index (χ3n) is 2.04. The summed E-state index contributed by atoms with van der Waals surface area (Å²) in [4.78, 5) is 11.5. The predicted octanol–water partition coefficient (Wildman–Crippen LogP) is 2.51. The number of amides is 1. The van der Waals surface area contributed by atoms with Gasteiger partial charge in [-0.2, -0.15) is 0 Å². The number of anilines is 1. The molecule has 15 heavy (non-hydrogen) atoms. The highest BCUT2D eigenvalue weighted by atomic mass is 35.5. The van der Waals surface area contributed by atoms with E-state index < -0.39 is 0 Å². The van der Waals surface area contributed by atoms with E-state index in [1.165, 1.54) is 0 Å². The molecular weight excluding hydrogens is 214 g/mol. The number of carbonyl (C=O) groups excluding carboxylic acids is 1. The largest absolute Gasteiger partial charge is 0.497 e. The molecule has 4 heteroatoms. The van der Waals surface area contributed by atoms with Crippen LogP contribution in [0, 0.1) is 5.92 Å². The Bertz CT molecular complexity index is 324. The second-order valence-electron chi connectivity index (χ2n) is 3.27. The minimum Gasteiger partial charge on any atom is -0.497 e. The maximum atomic E-state index is 11.5. The van der Waals surface area contributed by atoms with Gasteiger partial charge in [0.05, 0.1) is 7.11 Å². The Morgan fingerprint density at radius 2 is 2.07 bits per heavy atom. The van der Waals surface area contributed by atoms with Crippen molar-refractivity contribution < 1.29 is 9.53 Å². The summed E-state index contributed by atoms with van der Waals surface area (Å²) < 4.78 is 5.01. The van der Waals surface area contributed by atoms with Crippen LogP contribution in [0.2, 0.25) is 0 Å². The number of hydrogen-bond acceptors (Lipinski definition) is 2. The van der Waals surface area contributed by atoms with Crippen molar-refractivity contribution in [2.24, 2.45) is 5.92 Å². The Hall–Kier alpha value is -1.22. The van der Waals surface area contributed by atoms with E-state index in [1.54, 1.807) is 38.3 Å². The molecule has 3 nitrogen and oxygen atoms in total. The van der Waals surface area contributed by atoms with E-state index in [-0.39, 0.29) is 11.8 Å². The SMILES string of the molecule is COc1ccc(NC(=O)C(C)CCl)cc1. The van der Waals surface area contributed by atoms with Crippen molar-refractivity contribution in [3.8, 4) is 5.75 Å². The Balaban J connectivity index is 2.61. The maximum Gasteiger partial charge on any atom is 0.228 e. The normalized spacial score (nSPS) is 11.9. The zero-order chi connectivity index (χ0) is 11.3. The molecule has 0 radical (unpaired) electrons. The van der Waals surface area contributed by atoms with E-state index in [0.29, 0.717) is 5.88 Å². The standard InChI is InChI=1S/C11H14ClNO2/c1-8(7-12)11(14)13-9-3-5-10(15-2)6-4-9/h3-6,8H,7H2,1-2H3,(H,13,14). The molecule has 1 aromatic rings. The summed E-state index contributed by atoms with van der Waals surface area (Å²) in [6, 6.07) is 7.16. The summed E-state index contributed by atoms with van der Waals surface area (Å²) >= 11 is 5.58. The van der Waals surface area contributed by atoms with Gasteiger partial charge in [0.1, 0.15) is 5.75 Å². The van der Waals surface area contributed by atoms with Gasteiger partial charge in [0.2, 0.25) is 5.91 Å². The third kappa shape index (κ3) is 3.44. The Labute approximate surface area is 94.4 Å². The van der Waals surface area contributed by atoms with Crippen LogP contribution in [0.25, 0.3) is 0 Å². The van der Waals surface area contributed by atoms with E-state index in [9.17, 15) is 4.79 Å². The summed E-state index contributed by atoms with van der Waals surface area (Å²) in [6.07, 6.45) is 0. The van der Waals surface area contributed by atoms with Crippen LogP contribution in [-0.4, -0.2) is 18.9 Å². The minimum absolute atomic E-state index is 0.0739. The van der Waals surface area contributed by atoms with E-state index in [1.807, 2.05) is 0 Å². The fourth-order valence-electron chi connectivity index (χ4n) is 1.01. The number of ether oxygens (including phenoxy) is 1. The molecule has 0 aliphatic heterocycles. The monoisotopic (exact) mass is 227 g/mol. The molecule has 0 saturated carbocycles. The van der Waals surface area contributed by atoms with Crippen LogP contribution in [0.4, 0.5) is 5.69 Å². The van der Waals surface area contributed by atoms with Gasteiger partial charge < -0.3 is 10.1 Å². The second-order valence-corrected chi connectivity index (χ2v) is 3.58. The molecule has 0 aliphatic rings. The summed E-state index contributed by atoms with van der Waals surface area (Å²) in [5.41, 5.74) is 0.748. The second kappa shape index (κ2) is 5.61. The molecule has 0 fully saturated rings. The van der Waals surface area contributed by atoms with Crippen molar-refractivity contribution in [2.45, 2.75) is 6.92 Å². The summed E-state index contributed by atoms with van der Waals surface area (Å²) in [5.74, 6) is 0.824. The first-order chi connectivity index (χ1) is 7.17. The van der Waals surface area contributed by atoms with Gasteiger partial charge in [-0.3, -0.25) is 4.79 Å². The fraction of sp³-hybridized carbons (Fsp3) is 0.364. The van der Waals surface area contributed by atoms with Gasteiger partial charge in [0, 0.05) is 17.5 Å². The first kappa shape index (κ1) is 11.9. The lowest BCUT2D eigenvalue weighted by molar-refractivity contribution is -0.118. The van der Waals surface area contributed by atoms with Gasteiger partial charge in [0.25, 0.3) is 0 Å². The molecule has 0 heterocycles. The predicted molar refractivity (Wildman–Crippen MR) is 61.5 cm³/mol. The molecule has 1 atom stereocenters. The van der Waals surface area contributed by atoms with Crippen LogP contribution in [0.3, 0.4) is 0 Å². The number of methoxy groups -OCH3 is 1. The van der Waals surface area contributed by atoms with Gasteiger partial charge in [-0.05, 0) is 24.3 Å². The van der Waals surface area contributed by atoms with Gasteiger partial charge in [-0.1, -0.05) is 6.92 Å². The quantitative estimate of drug-likeness (QED) is 0.803. The molecule has 0 aromatic heterocycles.